The van der Waals surface area contributed by atoms with E-state index in [-0.39, 0.29) is 12.8 Å². The fourth-order valence-corrected chi connectivity index (χ4v) is 6.60. The average molecular weight is 876 g/mol. The van der Waals surface area contributed by atoms with Crippen LogP contribution >= 0.6 is 7.82 Å². The van der Waals surface area contributed by atoms with E-state index in [1.165, 1.54) is 25.7 Å². The summed E-state index contributed by atoms with van der Waals surface area (Å²) >= 11 is 0. The Morgan fingerprint density at radius 2 is 0.951 bits per heavy atom. The van der Waals surface area contributed by atoms with Crippen LogP contribution in [0.2, 0.25) is 0 Å². The number of hydrogen-bond acceptors (Lipinski definition) is 8. The molecule has 4 N–H and O–H groups in total. The van der Waals surface area contributed by atoms with Crippen LogP contribution in [0.15, 0.2) is 85.1 Å². The number of nitrogens with one attached hydrogen (secondary N) is 1. The fraction of sp³-hybridized carbons (Fsp3) is 0.653. The van der Waals surface area contributed by atoms with Crippen molar-refractivity contribution in [1.29, 1.82) is 0 Å². The van der Waals surface area contributed by atoms with Gasteiger partial charge in [0, 0.05) is 12.8 Å². The number of aliphatic carboxylic acids is 1. The molecule has 0 bridgehead atoms. The van der Waals surface area contributed by atoms with Crippen LogP contribution in [0.3, 0.4) is 0 Å². The van der Waals surface area contributed by atoms with Crippen molar-refractivity contribution < 1.29 is 47.8 Å². The quantitative estimate of drug-likeness (QED) is 0.0200. The van der Waals surface area contributed by atoms with Crippen molar-refractivity contribution in [3.63, 3.8) is 0 Å². The maximum absolute atomic E-state index is 12.3. The lowest BCUT2D eigenvalue weighted by Gasteiger charge is -2.18. The molecule has 12 heteroatoms. The minimum Gasteiger partial charge on any atom is -0.480 e. The number of carbonyl (C=O) groups is 3. The molecule has 0 radical (unpaired) electrons. The number of carbonyl (C=O) groups excluding carboxylic acids is 2. The number of phosphoric acid groups is 1. The number of esters is 1. The van der Waals surface area contributed by atoms with Crippen molar-refractivity contribution >= 4 is 25.7 Å². The molecular formula is C49H82NO10P. The number of unbranched alkanes of at least 4 members (excludes halogenated alkanes) is 14. The Kier molecular flexibility index (Phi) is 40.9. The van der Waals surface area contributed by atoms with Crippen molar-refractivity contribution in [2.45, 2.75) is 187 Å². The number of phosphoric ester groups is 1. The molecule has 11 nitrogen and oxygen atoms in total. The summed E-state index contributed by atoms with van der Waals surface area (Å²) in [4.78, 5) is 46.0. The Labute approximate surface area is 369 Å². The van der Waals surface area contributed by atoms with Gasteiger partial charge in [-0.1, -0.05) is 163 Å². The smallest absolute Gasteiger partial charge is 0.472 e. The summed E-state index contributed by atoms with van der Waals surface area (Å²) in [7, 11) is -4.77. The highest BCUT2D eigenvalue weighted by Gasteiger charge is 2.28. The predicted octanol–water partition coefficient (Wildman–Crippen LogP) is 12.3. The molecule has 0 aromatic heterocycles. The summed E-state index contributed by atoms with van der Waals surface area (Å²) < 4.78 is 26.9. The fourth-order valence-electron chi connectivity index (χ4n) is 5.83. The number of ether oxygens (including phenoxy) is 1. The van der Waals surface area contributed by atoms with Crippen molar-refractivity contribution in [3.8, 4) is 0 Å². The number of carboxylic acids is 1. The lowest BCUT2D eigenvalue weighted by Crippen LogP contribution is -2.43. The molecule has 0 aliphatic carbocycles. The number of amides is 1. The SMILES string of the molecule is CC/C=C\C/C=C\C/C=C\C/C=C\C/C=C\CCCCCCCCCC(=O)OCC(O)COP(=O)(O)OCC(NC(=O)CCCCCCC/C=C\C/C=C\CCCC)C(=O)O. The van der Waals surface area contributed by atoms with E-state index >= 15 is 0 Å². The first kappa shape index (κ1) is 57.7. The third-order valence-corrected chi connectivity index (χ3v) is 10.4. The van der Waals surface area contributed by atoms with E-state index in [1.807, 2.05) is 0 Å². The molecule has 0 heterocycles. The Morgan fingerprint density at radius 3 is 1.43 bits per heavy atom. The van der Waals surface area contributed by atoms with E-state index in [9.17, 15) is 34.1 Å². The number of allylic oxidation sites excluding steroid dienone is 14. The first-order valence-electron chi connectivity index (χ1n) is 23.1. The number of rotatable bonds is 42. The van der Waals surface area contributed by atoms with Gasteiger partial charge in [-0.3, -0.25) is 18.6 Å². The van der Waals surface area contributed by atoms with Crippen LogP contribution in [-0.4, -0.2) is 64.9 Å². The normalized spacial score (nSPS) is 14.4. The molecule has 0 fully saturated rings. The maximum atomic E-state index is 12.3. The molecule has 0 rings (SSSR count). The van der Waals surface area contributed by atoms with Crippen LogP contribution in [0.1, 0.15) is 174 Å². The highest BCUT2D eigenvalue weighted by atomic mass is 31.2. The van der Waals surface area contributed by atoms with E-state index in [0.29, 0.717) is 12.8 Å². The van der Waals surface area contributed by atoms with Gasteiger partial charge in [0.15, 0.2) is 6.04 Å². The zero-order valence-corrected chi connectivity index (χ0v) is 38.6. The molecule has 0 aromatic carbocycles. The third-order valence-electron chi connectivity index (χ3n) is 9.42. The van der Waals surface area contributed by atoms with Gasteiger partial charge in [-0.2, -0.15) is 0 Å². The molecule has 0 saturated heterocycles. The van der Waals surface area contributed by atoms with E-state index in [4.69, 9.17) is 13.8 Å². The van der Waals surface area contributed by atoms with Gasteiger partial charge in [0.1, 0.15) is 12.7 Å². The second-order valence-corrected chi connectivity index (χ2v) is 16.7. The van der Waals surface area contributed by atoms with Crippen molar-refractivity contribution in [2.24, 2.45) is 0 Å². The first-order chi connectivity index (χ1) is 29.6. The van der Waals surface area contributed by atoms with Crippen molar-refractivity contribution in [1.82, 2.24) is 5.32 Å². The van der Waals surface area contributed by atoms with Crippen LogP contribution in [0.25, 0.3) is 0 Å². The van der Waals surface area contributed by atoms with Crippen LogP contribution in [0.5, 0.6) is 0 Å². The molecule has 1 amide bonds. The highest BCUT2D eigenvalue weighted by molar-refractivity contribution is 7.47. The largest absolute Gasteiger partial charge is 0.480 e. The summed E-state index contributed by atoms with van der Waals surface area (Å²) in [6.45, 7) is 2.40. The second-order valence-electron chi connectivity index (χ2n) is 15.2. The average Bonchev–Trinajstić information content (AvgIpc) is 3.24. The molecule has 0 aliphatic heterocycles. The minimum atomic E-state index is -4.77. The van der Waals surface area contributed by atoms with Gasteiger partial charge in [-0.25, -0.2) is 9.36 Å². The zero-order chi connectivity index (χ0) is 44.9. The third kappa shape index (κ3) is 43.1. The molecule has 0 aromatic rings. The molecule has 348 valence electrons. The lowest BCUT2D eigenvalue weighted by atomic mass is 10.1. The Balaban J connectivity index is 3.90. The number of hydrogen-bond donors (Lipinski definition) is 4. The van der Waals surface area contributed by atoms with E-state index in [2.05, 4.69) is 104 Å². The first-order valence-corrected chi connectivity index (χ1v) is 24.6. The van der Waals surface area contributed by atoms with Crippen LogP contribution in [-0.2, 0) is 32.7 Å². The topological polar surface area (TPSA) is 169 Å². The zero-order valence-electron chi connectivity index (χ0n) is 37.7. The molecule has 0 aliphatic rings. The Morgan fingerprint density at radius 1 is 0.541 bits per heavy atom. The van der Waals surface area contributed by atoms with E-state index in [1.54, 1.807) is 0 Å². The van der Waals surface area contributed by atoms with Gasteiger partial charge in [0.25, 0.3) is 0 Å². The molecule has 0 spiro atoms. The molecule has 3 unspecified atom stereocenters. The van der Waals surface area contributed by atoms with Gasteiger partial charge in [0.05, 0.1) is 13.2 Å². The van der Waals surface area contributed by atoms with Gasteiger partial charge in [0.2, 0.25) is 5.91 Å². The predicted molar refractivity (Wildman–Crippen MR) is 249 cm³/mol. The van der Waals surface area contributed by atoms with E-state index in [0.717, 1.165) is 109 Å². The molecule has 61 heavy (non-hydrogen) atoms. The van der Waals surface area contributed by atoms with Gasteiger partial charge < -0.3 is 25.2 Å². The van der Waals surface area contributed by atoms with Gasteiger partial charge >= 0.3 is 19.8 Å². The summed E-state index contributed by atoms with van der Waals surface area (Å²) in [5.74, 6) is -2.41. The van der Waals surface area contributed by atoms with Crippen molar-refractivity contribution in [2.75, 3.05) is 19.8 Å². The highest BCUT2D eigenvalue weighted by Crippen LogP contribution is 2.43. The number of carboxylic acid groups (broad SMARTS) is 1. The van der Waals surface area contributed by atoms with Gasteiger partial charge in [-0.15, -0.1) is 0 Å². The summed E-state index contributed by atoms with van der Waals surface area (Å²) in [5, 5.41) is 21.8. The van der Waals surface area contributed by atoms with Crippen LogP contribution < -0.4 is 5.32 Å². The second kappa shape index (κ2) is 43.3. The number of aliphatic hydroxyl groups excluding tert-OH is 1. The molecule has 3 atom stereocenters. The molecular weight excluding hydrogens is 794 g/mol. The Hall–Kier alpha value is -3.34. The monoisotopic (exact) mass is 876 g/mol. The summed E-state index contributed by atoms with van der Waals surface area (Å²) in [5.41, 5.74) is 0. The maximum Gasteiger partial charge on any atom is 0.472 e. The van der Waals surface area contributed by atoms with E-state index < -0.39 is 57.6 Å². The van der Waals surface area contributed by atoms with Crippen LogP contribution in [0, 0.1) is 0 Å². The summed E-state index contributed by atoms with van der Waals surface area (Å²) in [6, 6.07) is -1.56. The van der Waals surface area contributed by atoms with Crippen molar-refractivity contribution in [3.05, 3.63) is 85.1 Å². The standard InChI is InChI=1S/C49H82NO10P/c1-3-5-7-9-11-13-15-17-19-20-21-22-23-24-25-26-27-29-31-33-35-37-39-41-48(53)58-42-45(51)43-59-61(56,57)60-44-46(49(54)55)50-47(52)40-38-36-34-32-30-28-18-16-14-12-10-8-6-4-2/h5,7,10-13,16-19,21-22,24-25,45-46,51H,3-4,6,8-9,14-15,20,23,26-44H2,1-2H3,(H,50,52)(H,54,55)(H,56,57)/b7-5-,12-10-,13-11-,18-16-,19-17-,22-21-,25-24-. The lowest BCUT2D eigenvalue weighted by molar-refractivity contribution is -0.147. The number of aliphatic hydroxyl groups is 1. The summed E-state index contributed by atoms with van der Waals surface area (Å²) in [6.07, 6.45) is 53.2. The molecule has 0 saturated carbocycles. The van der Waals surface area contributed by atoms with Crippen LogP contribution in [0.4, 0.5) is 0 Å². The minimum absolute atomic E-state index is 0.125. The van der Waals surface area contributed by atoms with Gasteiger partial charge in [-0.05, 0) is 83.5 Å². The Bertz CT molecular complexity index is 1350.